The Balaban J connectivity index is 1.77. The monoisotopic (exact) mass is 332 g/mol. The molecule has 0 fully saturated rings. The summed E-state index contributed by atoms with van der Waals surface area (Å²) in [7, 11) is 0. The van der Waals surface area contributed by atoms with Gasteiger partial charge in [0.1, 0.15) is 18.0 Å². The summed E-state index contributed by atoms with van der Waals surface area (Å²) >= 11 is 0. The first kappa shape index (κ1) is 16.6. The van der Waals surface area contributed by atoms with Gasteiger partial charge in [-0.15, -0.1) is 0 Å². The lowest BCUT2D eigenvalue weighted by Gasteiger charge is -2.11. The molecular formula is C20H20N4O. The van der Waals surface area contributed by atoms with Crippen molar-refractivity contribution in [1.29, 1.82) is 0 Å². The number of anilines is 4. The molecule has 5 heteroatoms. The fourth-order valence-corrected chi connectivity index (χ4v) is 2.44. The normalized spacial score (nSPS) is 10.4. The van der Waals surface area contributed by atoms with Crippen molar-refractivity contribution in [3.8, 4) is 0 Å². The first-order valence-corrected chi connectivity index (χ1v) is 8.05. The third-order valence-corrected chi connectivity index (χ3v) is 3.89. The van der Waals surface area contributed by atoms with Crippen LogP contribution in [-0.2, 0) is 0 Å². The Kier molecular flexibility index (Phi) is 4.75. The van der Waals surface area contributed by atoms with Crippen LogP contribution in [0.5, 0.6) is 0 Å². The van der Waals surface area contributed by atoms with E-state index < -0.39 is 0 Å². The largest absolute Gasteiger partial charge is 0.340 e. The molecule has 1 aromatic heterocycles. The van der Waals surface area contributed by atoms with Gasteiger partial charge in [-0.05, 0) is 62.2 Å². The Hall–Kier alpha value is -3.21. The number of hydrogen-bond acceptors (Lipinski definition) is 5. The molecule has 0 aliphatic rings. The molecule has 0 radical (unpaired) electrons. The summed E-state index contributed by atoms with van der Waals surface area (Å²) in [5, 5.41) is 6.55. The Morgan fingerprint density at radius 2 is 1.56 bits per heavy atom. The molecule has 0 bridgehead atoms. The Labute approximate surface area is 147 Å². The highest BCUT2D eigenvalue weighted by Crippen LogP contribution is 2.22. The van der Waals surface area contributed by atoms with Crippen LogP contribution in [0.2, 0.25) is 0 Å². The quantitative estimate of drug-likeness (QED) is 0.658. The minimum Gasteiger partial charge on any atom is -0.340 e. The first-order chi connectivity index (χ1) is 12.0. The van der Waals surface area contributed by atoms with E-state index in [2.05, 4.69) is 52.6 Å². The van der Waals surface area contributed by atoms with Gasteiger partial charge in [0, 0.05) is 23.0 Å². The topological polar surface area (TPSA) is 66.9 Å². The fourth-order valence-electron chi connectivity index (χ4n) is 2.44. The van der Waals surface area contributed by atoms with Crippen LogP contribution in [0.15, 0.2) is 54.9 Å². The van der Waals surface area contributed by atoms with Crippen molar-refractivity contribution in [2.45, 2.75) is 20.8 Å². The standard InChI is InChI=1S/C20H20N4O/c1-13-4-5-14(2)18(10-13)24-20-11-19(21-12-22-20)23-17-8-6-16(7-9-17)15(3)25/h4-12H,1-3H3,(H2,21,22,23,24). The average Bonchev–Trinajstić information content (AvgIpc) is 2.59. The predicted molar refractivity (Wildman–Crippen MR) is 101 cm³/mol. The van der Waals surface area contributed by atoms with Crippen molar-refractivity contribution in [2.24, 2.45) is 0 Å². The van der Waals surface area contributed by atoms with Crippen LogP contribution in [0.3, 0.4) is 0 Å². The minimum absolute atomic E-state index is 0.0496. The molecule has 0 aliphatic carbocycles. The summed E-state index contributed by atoms with van der Waals surface area (Å²) < 4.78 is 0. The van der Waals surface area contributed by atoms with Gasteiger partial charge in [0.2, 0.25) is 0 Å². The van der Waals surface area contributed by atoms with Gasteiger partial charge in [0.25, 0.3) is 0 Å². The van der Waals surface area contributed by atoms with Gasteiger partial charge in [0.05, 0.1) is 0 Å². The predicted octanol–water partition coefficient (Wildman–Crippen LogP) is 4.78. The number of aromatic nitrogens is 2. The molecule has 0 unspecified atom stereocenters. The number of carbonyl (C=O) groups excluding carboxylic acids is 1. The zero-order valence-corrected chi connectivity index (χ0v) is 14.5. The van der Waals surface area contributed by atoms with Crippen molar-refractivity contribution in [3.63, 3.8) is 0 Å². The lowest BCUT2D eigenvalue weighted by Crippen LogP contribution is -2.00. The third kappa shape index (κ3) is 4.20. The molecular weight excluding hydrogens is 312 g/mol. The lowest BCUT2D eigenvalue weighted by atomic mass is 10.1. The van der Waals surface area contributed by atoms with Crippen LogP contribution in [0.25, 0.3) is 0 Å². The lowest BCUT2D eigenvalue weighted by molar-refractivity contribution is 0.101. The molecule has 126 valence electrons. The molecule has 0 atom stereocenters. The molecule has 0 aliphatic heterocycles. The maximum atomic E-state index is 11.3. The fraction of sp³-hybridized carbons (Fsp3) is 0.150. The van der Waals surface area contributed by atoms with E-state index in [0.29, 0.717) is 17.2 Å². The smallest absolute Gasteiger partial charge is 0.159 e. The highest BCUT2D eigenvalue weighted by atomic mass is 16.1. The SMILES string of the molecule is CC(=O)c1ccc(Nc2cc(Nc3cc(C)ccc3C)ncn2)cc1. The molecule has 2 N–H and O–H groups in total. The first-order valence-electron chi connectivity index (χ1n) is 8.05. The van der Waals surface area contributed by atoms with Crippen molar-refractivity contribution in [1.82, 2.24) is 9.97 Å². The maximum Gasteiger partial charge on any atom is 0.159 e. The van der Waals surface area contributed by atoms with Gasteiger partial charge >= 0.3 is 0 Å². The number of rotatable bonds is 5. The zero-order valence-electron chi connectivity index (χ0n) is 14.5. The molecule has 0 saturated heterocycles. The van der Waals surface area contributed by atoms with Gasteiger partial charge in [-0.1, -0.05) is 12.1 Å². The summed E-state index contributed by atoms with van der Waals surface area (Å²) in [6.07, 6.45) is 1.51. The number of carbonyl (C=O) groups is 1. The Bertz CT molecular complexity index is 904. The number of nitrogens with one attached hydrogen (secondary N) is 2. The van der Waals surface area contributed by atoms with E-state index in [1.807, 2.05) is 18.2 Å². The molecule has 0 amide bonds. The van der Waals surface area contributed by atoms with Gasteiger partial charge in [0.15, 0.2) is 5.78 Å². The Morgan fingerprint density at radius 3 is 2.24 bits per heavy atom. The van der Waals surface area contributed by atoms with E-state index in [-0.39, 0.29) is 5.78 Å². The molecule has 0 spiro atoms. The second-order valence-electron chi connectivity index (χ2n) is 5.99. The van der Waals surface area contributed by atoms with Crippen LogP contribution in [0.4, 0.5) is 23.0 Å². The van der Waals surface area contributed by atoms with Crippen molar-refractivity contribution < 1.29 is 4.79 Å². The van der Waals surface area contributed by atoms with E-state index in [0.717, 1.165) is 16.9 Å². The van der Waals surface area contributed by atoms with Gasteiger partial charge in [-0.3, -0.25) is 4.79 Å². The number of nitrogens with zero attached hydrogens (tertiary/aromatic N) is 2. The van der Waals surface area contributed by atoms with E-state index in [1.54, 1.807) is 19.1 Å². The highest BCUT2D eigenvalue weighted by Gasteiger charge is 2.04. The van der Waals surface area contributed by atoms with Crippen molar-refractivity contribution in [3.05, 3.63) is 71.5 Å². The number of aryl methyl sites for hydroxylation is 2. The van der Waals surface area contributed by atoms with Crippen molar-refractivity contribution in [2.75, 3.05) is 10.6 Å². The molecule has 3 aromatic rings. The Morgan fingerprint density at radius 1 is 0.880 bits per heavy atom. The summed E-state index contributed by atoms with van der Waals surface area (Å²) in [6.45, 7) is 5.67. The number of benzene rings is 2. The van der Waals surface area contributed by atoms with Crippen LogP contribution >= 0.6 is 0 Å². The van der Waals surface area contributed by atoms with E-state index in [1.165, 1.54) is 11.9 Å². The van der Waals surface area contributed by atoms with E-state index in [4.69, 9.17) is 0 Å². The second-order valence-corrected chi connectivity index (χ2v) is 5.99. The molecule has 2 aromatic carbocycles. The summed E-state index contributed by atoms with van der Waals surface area (Å²) in [5.74, 6) is 1.44. The number of ketones is 1. The molecule has 3 rings (SSSR count). The zero-order chi connectivity index (χ0) is 17.8. The van der Waals surface area contributed by atoms with Crippen LogP contribution < -0.4 is 10.6 Å². The number of hydrogen-bond donors (Lipinski definition) is 2. The van der Waals surface area contributed by atoms with Crippen molar-refractivity contribution >= 4 is 28.8 Å². The molecule has 5 nitrogen and oxygen atoms in total. The second kappa shape index (κ2) is 7.13. The number of Topliss-reactive ketones (excluding diaryl/α,β-unsaturated/α-hetero) is 1. The summed E-state index contributed by atoms with van der Waals surface area (Å²) in [6, 6.07) is 15.4. The van der Waals surface area contributed by atoms with E-state index >= 15 is 0 Å². The van der Waals surface area contributed by atoms with Crippen LogP contribution in [0.1, 0.15) is 28.4 Å². The van der Waals surface area contributed by atoms with Gasteiger partial charge < -0.3 is 10.6 Å². The van der Waals surface area contributed by atoms with Gasteiger partial charge in [-0.25, -0.2) is 9.97 Å². The summed E-state index contributed by atoms with van der Waals surface area (Å²) in [5.41, 5.74) is 4.91. The van der Waals surface area contributed by atoms with Crippen LogP contribution in [0, 0.1) is 13.8 Å². The summed E-state index contributed by atoms with van der Waals surface area (Å²) in [4.78, 5) is 19.9. The average molecular weight is 332 g/mol. The highest BCUT2D eigenvalue weighted by molar-refractivity contribution is 5.94. The maximum absolute atomic E-state index is 11.3. The van der Waals surface area contributed by atoms with Crippen LogP contribution in [-0.4, -0.2) is 15.8 Å². The van der Waals surface area contributed by atoms with Gasteiger partial charge in [-0.2, -0.15) is 0 Å². The third-order valence-electron chi connectivity index (χ3n) is 3.89. The minimum atomic E-state index is 0.0496. The van der Waals surface area contributed by atoms with E-state index in [9.17, 15) is 4.79 Å². The molecule has 0 saturated carbocycles. The molecule has 1 heterocycles. The molecule has 25 heavy (non-hydrogen) atoms.